The van der Waals surface area contributed by atoms with Crippen molar-refractivity contribution in [2.45, 2.75) is 25.8 Å². The van der Waals surface area contributed by atoms with Crippen LogP contribution < -0.4 is 10.6 Å². The third-order valence-corrected chi connectivity index (χ3v) is 3.02. The van der Waals surface area contributed by atoms with Crippen LogP contribution in [0.5, 0.6) is 0 Å². The summed E-state index contributed by atoms with van der Waals surface area (Å²) in [5, 5.41) is 5.94. The highest BCUT2D eigenvalue weighted by Gasteiger charge is 2.22. The van der Waals surface area contributed by atoms with Gasteiger partial charge in [0.2, 0.25) is 5.91 Å². The van der Waals surface area contributed by atoms with Crippen molar-refractivity contribution in [2.75, 3.05) is 18.5 Å². The van der Waals surface area contributed by atoms with Crippen LogP contribution in [0.3, 0.4) is 0 Å². The number of rotatable bonds is 4. The quantitative estimate of drug-likeness (QED) is 0.834. The van der Waals surface area contributed by atoms with E-state index < -0.39 is 0 Å². The maximum absolute atomic E-state index is 11.9. The first kappa shape index (κ1) is 16.5. The summed E-state index contributed by atoms with van der Waals surface area (Å²) in [6.45, 7) is 2.97. The second-order valence-corrected chi connectivity index (χ2v) is 4.44. The van der Waals surface area contributed by atoms with Gasteiger partial charge in [-0.2, -0.15) is 0 Å². The van der Waals surface area contributed by atoms with Gasteiger partial charge in [0, 0.05) is 5.69 Å². The highest BCUT2D eigenvalue weighted by Crippen LogP contribution is 2.14. The van der Waals surface area contributed by atoms with Gasteiger partial charge in [0.1, 0.15) is 0 Å². The van der Waals surface area contributed by atoms with Crippen LogP contribution in [-0.2, 0) is 9.53 Å². The average molecular weight is 299 g/mol. The molecule has 0 saturated carbocycles. The van der Waals surface area contributed by atoms with Crippen LogP contribution in [-0.4, -0.2) is 31.1 Å². The number of ether oxygens (including phenoxy) is 1. The molecule has 0 aromatic heterocycles. The van der Waals surface area contributed by atoms with Gasteiger partial charge in [-0.1, -0.05) is 6.07 Å². The van der Waals surface area contributed by atoms with Crippen LogP contribution in [0.4, 0.5) is 5.69 Å². The van der Waals surface area contributed by atoms with Gasteiger partial charge in [0.25, 0.3) is 0 Å². The van der Waals surface area contributed by atoms with Crippen LogP contribution in [0.2, 0.25) is 0 Å². The number of esters is 1. The zero-order valence-electron chi connectivity index (χ0n) is 11.3. The molecule has 20 heavy (non-hydrogen) atoms. The summed E-state index contributed by atoms with van der Waals surface area (Å²) in [4.78, 5) is 23.5. The first-order chi connectivity index (χ1) is 9.20. The number of carbonyl (C=O) groups excluding carboxylic acids is 2. The van der Waals surface area contributed by atoms with E-state index in [0.29, 0.717) is 17.9 Å². The maximum atomic E-state index is 11.9. The Morgan fingerprint density at radius 1 is 1.45 bits per heavy atom. The zero-order valence-corrected chi connectivity index (χ0v) is 12.2. The molecular weight excluding hydrogens is 280 g/mol. The molecule has 1 aromatic carbocycles. The molecule has 1 heterocycles. The lowest BCUT2D eigenvalue weighted by molar-refractivity contribution is -0.117. The molecule has 1 aliphatic rings. The highest BCUT2D eigenvalue weighted by atomic mass is 35.5. The van der Waals surface area contributed by atoms with E-state index >= 15 is 0 Å². The van der Waals surface area contributed by atoms with Crippen molar-refractivity contribution in [1.82, 2.24) is 5.32 Å². The Labute approximate surface area is 124 Å². The summed E-state index contributed by atoms with van der Waals surface area (Å²) in [6, 6.07) is 6.65. The predicted octanol–water partition coefficient (Wildman–Crippen LogP) is 1.98. The Morgan fingerprint density at radius 3 is 2.90 bits per heavy atom. The molecule has 1 fully saturated rings. The fourth-order valence-electron chi connectivity index (χ4n) is 2.08. The van der Waals surface area contributed by atoms with Gasteiger partial charge in [-0.05, 0) is 44.5 Å². The molecule has 0 bridgehead atoms. The van der Waals surface area contributed by atoms with Gasteiger partial charge in [-0.25, -0.2) is 4.79 Å². The summed E-state index contributed by atoms with van der Waals surface area (Å²) in [5.41, 5.74) is 1.06. The van der Waals surface area contributed by atoms with Gasteiger partial charge in [0.05, 0.1) is 18.2 Å². The first-order valence-corrected chi connectivity index (χ1v) is 6.52. The van der Waals surface area contributed by atoms with Crippen molar-refractivity contribution in [2.24, 2.45) is 0 Å². The highest BCUT2D eigenvalue weighted by molar-refractivity contribution is 5.97. The third-order valence-electron chi connectivity index (χ3n) is 3.02. The van der Waals surface area contributed by atoms with Gasteiger partial charge >= 0.3 is 5.97 Å². The lowest BCUT2D eigenvalue weighted by Gasteiger charge is -2.11. The third kappa shape index (κ3) is 4.21. The van der Waals surface area contributed by atoms with Crippen LogP contribution in [0.15, 0.2) is 24.3 Å². The minimum Gasteiger partial charge on any atom is -0.462 e. The van der Waals surface area contributed by atoms with Crippen molar-refractivity contribution in [1.29, 1.82) is 0 Å². The number of benzene rings is 1. The number of carbonyl (C=O) groups is 2. The lowest BCUT2D eigenvalue weighted by Crippen LogP contribution is -2.35. The van der Waals surface area contributed by atoms with E-state index in [1.807, 2.05) is 0 Å². The van der Waals surface area contributed by atoms with Gasteiger partial charge in [-0.3, -0.25) is 4.79 Å². The Bertz CT molecular complexity index is 473. The molecule has 1 atom stereocenters. The minimum atomic E-state index is -0.377. The van der Waals surface area contributed by atoms with Crippen molar-refractivity contribution >= 4 is 30.0 Å². The number of hydrogen-bond donors (Lipinski definition) is 2. The van der Waals surface area contributed by atoms with Crippen LogP contribution >= 0.6 is 12.4 Å². The van der Waals surface area contributed by atoms with Crippen LogP contribution in [0.25, 0.3) is 0 Å². The molecule has 1 aromatic rings. The summed E-state index contributed by atoms with van der Waals surface area (Å²) in [7, 11) is 0. The fraction of sp³-hybridized carbons (Fsp3) is 0.429. The number of hydrogen-bond acceptors (Lipinski definition) is 4. The molecule has 1 saturated heterocycles. The number of anilines is 1. The van der Waals surface area contributed by atoms with E-state index in [9.17, 15) is 9.59 Å². The summed E-state index contributed by atoms with van der Waals surface area (Å²) in [6.07, 6.45) is 1.87. The minimum absolute atomic E-state index is 0. The molecule has 2 N–H and O–H groups in total. The van der Waals surface area contributed by atoms with Crippen molar-refractivity contribution < 1.29 is 14.3 Å². The number of nitrogens with one attached hydrogen (secondary N) is 2. The topological polar surface area (TPSA) is 67.4 Å². The van der Waals surface area contributed by atoms with Crippen molar-refractivity contribution in [3.05, 3.63) is 29.8 Å². The second-order valence-electron chi connectivity index (χ2n) is 4.44. The molecule has 110 valence electrons. The predicted molar refractivity (Wildman–Crippen MR) is 79.3 cm³/mol. The summed E-state index contributed by atoms with van der Waals surface area (Å²) in [5.74, 6) is -0.434. The maximum Gasteiger partial charge on any atom is 0.338 e. The van der Waals surface area contributed by atoms with E-state index in [1.54, 1.807) is 31.2 Å². The van der Waals surface area contributed by atoms with E-state index in [-0.39, 0.29) is 30.3 Å². The van der Waals surface area contributed by atoms with Gasteiger partial charge in [0.15, 0.2) is 0 Å². The van der Waals surface area contributed by atoms with Crippen molar-refractivity contribution in [3.8, 4) is 0 Å². The zero-order chi connectivity index (χ0) is 13.7. The van der Waals surface area contributed by atoms with Gasteiger partial charge < -0.3 is 15.4 Å². The standard InChI is InChI=1S/C14H18N2O3.ClH/c1-2-19-14(18)10-5-3-6-11(9-10)16-13(17)12-7-4-8-15-12;/h3,5-6,9,12,15H,2,4,7-8H2,1H3,(H,16,17);1H. The average Bonchev–Trinajstić information content (AvgIpc) is 2.93. The number of amides is 1. The van der Waals surface area contributed by atoms with Crippen LogP contribution in [0.1, 0.15) is 30.1 Å². The Kier molecular flexibility index (Phi) is 6.48. The van der Waals surface area contributed by atoms with E-state index in [2.05, 4.69) is 10.6 Å². The molecule has 5 nitrogen and oxygen atoms in total. The first-order valence-electron chi connectivity index (χ1n) is 6.52. The molecule has 1 aliphatic heterocycles. The number of halogens is 1. The summed E-state index contributed by atoms with van der Waals surface area (Å²) < 4.78 is 4.92. The van der Waals surface area contributed by atoms with Crippen LogP contribution in [0, 0.1) is 0 Å². The molecule has 1 amide bonds. The molecule has 0 spiro atoms. The largest absolute Gasteiger partial charge is 0.462 e. The Morgan fingerprint density at radius 2 is 2.25 bits per heavy atom. The molecule has 6 heteroatoms. The van der Waals surface area contributed by atoms with E-state index in [0.717, 1.165) is 19.4 Å². The lowest BCUT2D eigenvalue weighted by atomic mass is 10.2. The van der Waals surface area contributed by atoms with Gasteiger partial charge in [-0.15, -0.1) is 12.4 Å². The Hall–Kier alpha value is -1.59. The normalized spacial score (nSPS) is 17.1. The summed E-state index contributed by atoms with van der Waals surface area (Å²) >= 11 is 0. The molecule has 2 rings (SSSR count). The fourth-order valence-corrected chi connectivity index (χ4v) is 2.08. The molecular formula is C14H19ClN2O3. The monoisotopic (exact) mass is 298 g/mol. The van der Waals surface area contributed by atoms with E-state index in [1.165, 1.54) is 0 Å². The SMILES string of the molecule is CCOC(=O)c1cccc(NC(=O)C2CCCN2)c1.Cl. The van der Waals surface area contributed by atoms with E-state index in [4.69, 9.17) is 4.74 Å². The smallest absolute Gasteiger partial charge is 0.338 e. The molecule has 0 aliphatic carbocycles. The second kappa shape index (κ2) is 7.87. The molecule has 0 radical (unpaired) electrons. The Balaban J connectivity index is 0.00000200. The van der Waals surface area contributed by atoms with Crippen molar-refractivity contribution in [3.63, 3.8) is 0 Å². The molecule has 1 unspecified atom stereocenters.